The van der Waals surface area contributed by atoms with Crippen molar-refractivity contribution in [3.63, 3.8) is 0 Å². The zero-order valence-corrected chi connectivity index (χ0v) is 10.4. The smallest absolute Gasteiger partial charge is 0.248 e. The summed E-state index contributed by atoms with van der Waals surface area (Å²) in [6.07, 6.45) is 0. The van der Waals surface area contributed by atoms with E-state index in [1.54, 1.807) is 12.0 Å². The second-order valence-electron chi connectivity index (χ2n) is 3.99. The van der Waals surface area contributed by atoms with Crippen LogP contribution in [-0.2, 0) is 14.3 Å². The van der Waals surface area contributed by atoms with Crippen LogP contribution in [0.25, 0.3) is 0 Å². The van der Waals surface area contributed by atoms with E-state index in [1.807, 2.05) is 0 Å². The van der Waals surface area contributed by atoms with E-state index in [1.165, 1.54) is 0 Å². The van der Waals surface area contributed by atoms with Crippen LogP contribution in [0.2, 0.25) is 0 Å². The molecule has 1 amide bonds. The van der Waals surface area contributed by atoms with Crippen molar-refractivity contribution in [3.8, 4) is 0 Å². The third-order valence-electron chi connectivity index (χ3n) is 2.80. The molecule has 0 aliphatic carbocycles. The topological polar surface area (TPSA) is 62.2 Å². The van der Waals surface area contributed by atoms with Crippen molar-refractivity contribution in [3.05, 3.63) is 0 Å². The van der Waals surface area contributed by atoms with Crippen molar-refractivity contribution in [2.45, 2.75) is 0 Å². The van der Waals surface area contributed by atoms with Gasteiger partial charge in [-0.05, 0) is 0 Å². The average Bonchev–Trinajstić information content (AvgIpc) is 2.36. The number of aliphatic hydroxyl groups excluding tert-OH is 1. The molecule has 1 aliphatic heterocycles. The highest BCUT2D eigenvalue weighted by Crippen LogP contribution is 2.01. The lowest BCUT2D eigenvalue weighted by Crippen LogP contribution is -2.50. The lowest BCUT2D eigenvalue weighted by molar-refractivity contribution is -0.138. The molecule has 0 atom stereocenters. The van der Waals surface area contributed by atoms with Crippen LogP contribution in [0.3, 0.4) is 0 Å². The minimum atomic E-state index is 0.0322. The van der Waals surface area contributed by atoms with Crippen LogP contribution in [0.5, 0.6) is 0 Å². The number of carbonyl (C=O) groups is 1. The van der Waals surface area contributed by atoms with Crippen molar-refractivity contribution in [1.82, 2.24) is 9.80 Å². The second-order valence-corrected chi connectivity index (χ2v) is 3.99. The Balaban J connectivity index is 2.12. The van der Waals surface area contributed by atoms with Crippen molar-refractivity contribution < 1.29 is 19.4 Å². The quantitative estimate of drug-likeness (QED) is 0.571. The summed E-state index contributed by atoms with van der Waals surface area (Å²) in [4.78, 5) is 15.7. The second kappa shape index (κ2) is 8.41. The standard InChI is InChI=1S/C11H22N2O4/c1-16-8-9-17-10-11(15)13-4-2-12(3-5-13)6-7-14/h14H,2-10H2,1H3. The Morgan fingerprint density at radius 2 is 1.94 bits per heavy atom. The molecule has 1 fully saturated rings. The van der Waals surface area contributed by atoms with Crippen LogP contribution < -0.4 is 0 Å². The summed E-state index contributed by atoms with van der Waals surface area (Å²) >= 11 is 0. The first-order chi connectivity index (χ1) is 8.27. The highest BCUT2D eigenvalue weighted by atomic mass is 16.5. The molecule has 1 heterocycles. The number of amides is 1. The summed E-state index contributed by atoms with van der Waals surface area (Å²) in [6, 6.07) is 0. The van der Waals surface area contributed by atoms with E-state index in [0.29, 0.717) is 32.8 Å². The fourth-order valence-corrected chi connectivity index (χ4v) is 1.76. The zero-order valence-electron chi connectivity index (χ0n) is 10.4. The van der Waals surface area contributed by atoms with Gasteiger partial charge in [0.1, 0.15) is 6.61 Å². The van der Waals surface area contributed by atoms with Crippen LogP contribution in [-0.4, -0.2) is 87.1 Å². The first kappa shape index (κ1) is 14.4. The lowest BCUT2D eigenvalue weighted by Gasteiger charge is -2.34. The third kappa shape index (κ3) is 5.45. The normalized spacial score (nSPS) is 17.4. The predicted octanol–water partition coefficient (Wildman–Crippen LogP) is -1.21. The molecule has 1 rings (SSSR count). The van der Waals surface area contributed by atoms with Crippen LogP contribution in [0, 0.1) is 0 Å². The zero-order chi connectivity index (χ0) is 12.5. The van der Waals surface area contributed by atoms with Crippen molar-refractivity contribution in [2.75, 3.05) is 66.3 Å². The Hall–Kier alpha value is -0.690. The molecule has 0 radical (unpaired) electrons. The molecular weight excluding hydrogens is 224 g/mol. The summed E-state index contributed by atoms with van der Waals surface area (Å²) in [5.74, 6) is 0.0322. The molecule has 0 aromatic carbocycles. The molecule has 1 saturated heterocycles. The van der Waals surface area contributed by atoms with Gasteiger partial charge in [-0.3, -0.25) is 9.69 Å². The van der Waals surface area contributed by atoms with E-state index in [2.05, 4.69) is 4.90 Å². The summed E-state index contributed by atoms with van der Waals surface area (Å²) in [6.45, 7) is 5.03. The lowest BCUT2D eigenvalue weighted by atomic mass is 10.3. The molecule has 1 aliphatic rings. The maximum atomic E-state index is 11.7. The molecule has 100 valence electrons. The largest absolute Gasteiger partial charge is 0.395 e. The molecule has 0 spiro atoms. The summed E-state index contributed by atoms with van der Waals surface area (Å²) in [5, 5.41) is 8.81. The number of methoxy groups -OCH3 is 1. The van der Waals surface area contributed by atoms with Gasteiger partial charge in [0.25, 0.3) is 0 Å². The SMILES string of the molecule is COCCOCC(=O)N1CCN(CCO)CC1. The fraction of sp³-hybridized carbons (Fsp3) is 0.909. The van der Waals surface area contributed by atoms with E-state index in [9.17, 15) is 4.79 Å². The van der Waals surface area contributed by atoms with Crippen LogP contribution >= 0.6 is 0 Å². The number of ether oxygens (including phenoxy) is 2. The number of rotatable bonds is 7. The van der Waals surface area contributed by atoms with Crippen LogP contribution in [0.1, 0.15) is 0 Å². The summed E-state index contributed by atoms with van der Waals surface area (Å²) < 4.78 is 10.0. The number of piperazine rings is 1. The minimum Gasteiger partial charge on any atom is -0.395 e. The number of aliphatic hydroxyl groups is 1. The van der Waals surface area contributed by atoms with Gasteiger partial charge < -0.3 is 19.5 Å². The molecule has 0 bridgehead atoms. The van der Waals surface area contributed by atoms with E-state index in [-0.39, 0.29) is 19.1 Å². The number of β-amino-alcohol motifs (C(OH)–C–C–N with tert-alkyl or cyclic N) is 1. The van der Waals surface area contributed by atoms with Gasteiger partial charge in [0.2, 0.25) is 5.91 Å². The Morgan fingerprint density at radius 3 is 2.53 bits per heavy atom. The maximum Gasteiger partial charge on any atom is 0.248 e. The first-order valence-electron chi connectivity index (χ1n) is 5.95. The molecule has 0 aromatic heterocycles. The minimum absolute atomic E-state index is 0.0322. The van der Waals surface area contributed by atoms with Crippen molar-refractivity contribution in [1.29, 1.82) is 0 Å². The summed E-state index contributed by atoms with van der Waals surface area (Å²) in [7, 11) is 1.60. The molecule has 0 unspecified atom stereocenters. The van der Waals surface area contributed by atoms with Crippen molar-refractivity contribution >= 4 is 5.91 Å². The first-order valence-corrected chi connectivity index (χ1v) is 5.95. The van der Waals surface area contributed by atoms with Crippen LogP contribution in [0.15, 0.2) is 0 Å². The van der Waals surface area contributed by atoms with E-state index in [4.69, 9.17) is 14.6 Å². The molecule has 1 N–H and O–H groups in total. The van der Waals surface area contributed by atoms with Gasteiger partial charge >= 0.3 is 0 Å². The highest BCUT2D eigenvalue weighted by molar-refractivity contribution is 5.77. The molecule has 6 heteroatoms. The van der Waals surface area contributed by atoms with Gasteiger partial charge in [0, 0.05) is 39.8 Å². The van der Waals surface area contributed by atoms with Gasteiger partial charge in [-0.25, -0.2) is 0 Å². The number of hydrogen-bond donors (Lipinski definition) is 1. The van der Waals surface area contributed by atoms with Crippen LogP contribution in [0.4, 0.5) is 0 Å². The average molecular weight is 246 g/mol. The van der Waals surface area contributed by atoms with Gasteiger partial charge in [0.05, 0.1) is 19.8 Å². The van der Waals surface area contributed by atoms with Crippen molar-refractivity contribution in [2.24, 2.45) is 0 Å². The van der Waals surface area contributed by atoms with Gasteiger partial charge in [-0.1, -0.05) is 0 Å². The Kier molecular flexibility index (Phi) is 7.11. The van der Waals surface area contributed by atoms with E-state index >= 15 is 0 Å². The van der Waals surface area contributed by atoms with Gasteiger partial charge in [-0.15, -0.1) is 0 Å². The number of hydrogen-bond acceptors (Lipinski definition) is 5. The third-order valence-corrected chi connectivity index (χ3v) is 2.80. The van der Waals surface area contributed by atoms with E-state index in [0.717, 1.165) is 13.1 Å². The Labute approximate surface area is 102 Å². The molecule has 0 aromatic rings. The molecule has 0 saturated carbocycles. The fourth-order valence-electron chi connectivity index (χ4n) is 1.76. The van der Waals surface area contributed by atoms with Gasteiger partial charge in [0.15, 0.2) is 0 Å². The summed E-state index contributed by atoms with van der Waals surface area (Å²) in [5.41, 5.74) is 0. The molecule has 6 nitrogen and oxygen atoms in total. The van der Waals surface area contributed by atoms with Gasteiger partial charge in [-0.2, -0.15) is 0 Å². The molecular formula is C11H22N2O4. The molecule has 17 heavy (non-hydrogen) atoms. The highest BCUT2D eigenvalue weighted by Gasteiger charge is 2.20. The number of carbonyl (C=O) groups excluding carboxylic acids is 1. The number of nitrogens with zero attached hydrogens (tertiary/aromatic N) is 2. The Morgan fingerprint density at radius 1 is 1.24 bits per heavy atom. The maximum absolute atomic E-state index is 11.7. The Bertz CT molecular complexity index is 218. The monoisotopic (exact) mass is 246 g/mol. The van der Waals surface area contributed by atoms with E-state index < -0.39 is 0 Å². The predicted molar refractivity (Wildman–Crippen MR) is 62.8 cm³/mol.